The molecule has 2 rings (SSSR count). The van der Waals surface area contributed by atoms with Crippen molar-refractivity contribution >= 4 is 0 Å². The van der Waals surface area contributed by atoms with Crippen LogP contribution < -0.4 is 5.32 Å². The molecule has 2 heteroatoms. The number of nitrogens with one attached hydrogen (secondary N) is 1. The van der Waals surface area contributed by atoms with Crippen molar-refractivity contribution in [2.75, 3.05) is 6.54 Å². The van der Waals surface area contributed by atoms with E-state index in [1.807, 2.05) is 12.1 Å². The van der Waals surface area contributed by atoms with E-state index in [1.54, 1.807) is 12.1 Å². The summed E-state index contributed by atoms with van der Waals surface area (Å²) in [6.45, 7) is 7.75. The molecule has 1 aromatic carbocycles. The van der Waals surface area contributed by atoms with Crippen LogP contribution >= 0.6 is 0 Å². The van der Waals surface area contributed by atoms with Crippen LogP contribution in [0.2, 0.25) is 0 Å². The van der Waals surface area contributed by atoms with Gasteiger partial charge in [0.15, 0.2) is 0 Å². The third kappa shape index (κ3) is 1.56. The van der Waals surface area contributed by atoms with E-state index >= 15 is 0 Å². The molecule has 1 unspecified atom stereocenters. The molecule has 0 aromatic heterocycles. The summed E-state index contributed by atoms with van der Waals surface area (Å²) in [5.74, 6) is -0.154. The van der Waals surface area contributed by atoms with Gasteiger partial charge in [0.1, 0.15) is 5.82 Å². The van der Waals surface area contributed by atoms with Gasteiger partial charge in [-0.3, -0.25) is 0 Å². The van der Waals surface area contributed by atoms with Crippen LogP contribution in [0.5, 0.6) is 0 Å². The summed E-state index contributed by atoms with van der Waals surface area (Å²) >= 11 is 0. The van der Waals surface area contributed by atoms with Crippen LogP contribution in [0.1, 0.15) is 39.2 Å². The topological polar surface area (TPSA) is 12.0 Å². The number of hydrogen-bond donors (Lipinski definition) is 1. The van der Waals surface area contributed by atoms with Gasteiger partial charge in [-0.05, 0) is 50.9 Å². The van der Waals surface area contributed by atoms with E-state index in [0.717, 1.165) is 19.4 Å². The fraction of sp³-hybridized carbons (Fsp3) is 0.571. The Morgan fingerprint density at radius 3 is 2.31 bits per heavy atom. The smallest absolute Gasteiger partial charge is 0.123 e. The fourth-order valence-corrected chi connectivity index (χ4v) is 3.17. The lowest BCUT2D eigenvalue weighted by molar-refractivity contribution is 0.263. The standard InChI is InChI=1S/C14H20FN/c1-4-14(9-10-16-13(14,2)3)11-5-7-12(15)8-6-11/h5-8,16H,4,9-10H2,1-3H3. The van der Waals surface area contributed by atoms with Gasteiger partial charge in [0.25, 0.3) is 0 Å². The molecule has 0 bridgehead atoms. The molecular formula is C14H20FN. The summed E-state index contributed by atoms with van der Waals surface area (Å²) in [7, 11) is 0. The lowest BCUT2D eigenvalue weighted by atomic mass is 9.66. The number of benzene rings is 1. The van der Waals surface area contributed by atoms with Gasteiger partial charge in [-0.2, -0.15) is 0 Å². The van der Waals surface area contributed by atoms with E-state index in [-0.39, 0.29) is 16.8 Å². The molecule has 1 atom stereocenters. The largest absolute Gasteiger partial charge is 0.311 e. The Labute approximate surface area is 97.1 Å². The minimum atomic E-state index is -0.154. The fourth-order valence-electron chi connectivity index (χ4n) is 3.17. The Morgan fingerprint density at radius 1 is 1.25 bits per heavy atom. The molecule has 1 saturated heterocycles. The highest BCUT2D eigenvalue weighted by molar-refractivity contribution is 5.32. The molecule has 0 aliphatic carbocycles. The molecule has 0 spiro atoms. The normalized spacial score (nSPS) is 28.2. The van der Waals surface area contributed by atoms with Crippen LogP contribution in [0.15, 0.2) is 24.3 Å². The van der Waals surface area contributed by atoms with Gasteiger partial charge in [-0.25, -0.2) is 4.39 Å². The summed E-state index contributed by atoms with van der Waals surface area (Å²) in [4.78, 5) is 0. The zero-order valence-electron chi connectivity index (χ0n) is 10.3. The summed E-state index contributed by atoms with van der Waals surface area (Å²) in [6.07, 6.45) is 2.21. The molecular weight excluding hydrogens is 201 g/mol. The van der Waals surface area contributed by atoms with E-state index in [0.29, 0.717) is 0 Å². The van der Waals surface area contributed by atoms with Gasteiger partial charge in [-0.1, -0.05) is 19.1 Å². The van der Waals surface area contributed by atoms with Gasteiger partial charge in [0.05, 0.1) is 0 Å². The molecule has 0 radical (unpaired) electrons. The average molecular weight is 221 g/mol. The minimum absolute atomic E-state index is 0.0829. The van der Waals surface area contributed by atoms with Gasteiger partial charge in [-0.15, -0.1) is 0 Å². The van der Waals surface area contributed by atoms with E-state index in [4.69, 9.17) is 0 Å². The Balaban J connectivity index is 2.46. The van der Waals surface area contributed by atoms with Crippen LogP contribution in [0, 0.1) is 5.82 Å². The first-order valence-corrected chi connectivity index (χ1v) is 6.03. The molecule has 1 heterocycles. The molecule has 1 aliphatic heterocycles. The first-order chi connectivity index (χ1) is 7.52. The van der Waals surface area contributed by atoms with Crippen molar-refractivity contribution < 1.29 is 4.39 Å². The third-order valence-corrected chi connectivity index (χ3v) is 4.32. The maximum Gasteiger partial charge on any atom is 0.123 e. The van der Waals surface area contributed by atoms with Crippen LogP contribution in [-0.2, 0) is 5.41 Å². The Morgan fingerprint density at radius 2 is 1.88 bits per heavy atom. The third-order valence-electron chi connectivity index (χ3n) is 4.32. The van der Waals surface area contributed by atoms with Crippen LogP contribution in [0.3, 0.4) is 0 Å². The van der Waals surface area contributed by atoms with Crippen molar-refractivity contribution in [3.8, 4) is 0 Å². The van der Waals surface area contributed by atoms with E-state index in [2.05, 4.69) is 26.1 Å². The first-order valence-electron chi connectivity index (χ1n) is 6.03. The van der Waals surface area contributed by atoms with Gasteiger partial charge in [0.2, 0.25) is 0 Å². The number of halogens is 1. The summed E-state index contributed by atoms with van der Waals surface area (Å²) < 4.78 is 13.0. The molecule has 0 saturated carbocycles. The highest BCUT2D eigenvalue weighted by Crippen LogP contribution is 2.44. The minimum Gasteiger partial charge on any atom is -0.311 e. The zero-order chi connectivity index (χ0) is 11.8. The summed E-state index contributed by atoms with van der Waals surface area (Å²) in [6, 6.07) is 7.02. The summed E-state index contributed by atoms with van der Waals surface area (Å²) in [5, 5.41) is 3.56. The van der Waals surface area contributed by atoms with Gasteiger partial charge >= 0.3 is 0 Å². The monoisotopic (exact) mass is 221 g/mol. The molecule has 1 nitrogen and oxygen atoms in total. The van der Waals surface area contributed by atoms with Crippen molar-refractivity contribution in [2.45, 2.75) is 44.6 Å². The van der Waals surface area contributed by atoms with Crippen molar-refractivity contribution in [1.82, 2.24) is 5.32 Å². The van der Waals surface area contributed by atoms with E-state index in [9.17, 15) is 4.39 Å². The molecule has 16 heavy (non-hydrogen) atoms. The molecule has 1 aromatic rings. The van der Waals surface area contributed by atoms with Crippen LogP contribution in [0.25, 0.3) is 0 Å². The van der Waals surface area contributed by atoms with Crippen molar-refractivity contribution in [3.05, 3.63) is 35.6 Å². The SMILES string of the molecule is CCC1(c2ccc(F)cc2)CCNC1(C)C. The second kappa shape index (κ2) is 3.85. The van der Waals surface area contributed by atoms with Crippen molar-refractivity contribution in [2.24, 2.45) is 0 Å². The average Bonchev–Trinajstić information content (AvgIpc) is 2.55. The first kappa shape index (κ1) is 11.6. The molecule has 1 fully saturated rings. The van der Waals surface area contributed by atoms with Gasteiger partial charge in [0, 0.05) is 11.0 Å². The molecule has 1 N–H and O–H groups in total. The highest BCUT2D eigenvalue weighted by atomic mass is 19.1. The van der Waals surface area contributed by atoms with Crippen molar-refractivity contribution in [3.63, 3.8) is 0 Å². The molecule has 0 amide bonds. The predicted octanol–water partition coefficient (Wildman–Crippen LogP) is 3.25. The quantitative estimate of drug-likeness (QED) is 0.808. The Bertz CT molecular complexity index is 369. The van der Waals surface area contributed by atoms with Crippen LogP contribution in [0.4, 0.5) is 4.39 Å². The maximum atomic E-state index is 13.0. The second-order valence-electron chi connectivity index (χ2n) is 5.24. The predicted molar refractivity (Wildman–Crippen MR) is 65.1 cm³/mol. The second-order valence-corrected chi connectivity index (χ2v) is 5.24. The highest BCUT2D eigenvalue weighted by Gasteiger charge is 2.48. The van der Waals surface area contributed by atoms with E-state index < -0.39 is 0 Å². The lowest BCUT2D eigenvalue weighted by Crippen LogP contribution is -2.49. The number of hydrogen-bond acceptors (Lipinski definition) is 1. The Kier molecular flexibility index (Phi) is 2.79. The molecule has 1 aliphatic rings. The Hall–Kier alpha value is -0.890. The van der Waals surface area contributed by atoms with Crippen molar-refractivity contribution in [1.29, 1.82) is 0 Å². The van der Waals surface area contributed by atoms with Crippen LogP contribution in [-0.4, -0.2) is 12.1 Å². The number of rotatable bonds is 2. The molecule has 88 valence electrons. The zero-order valence-corrected chi connectivity index (χ0v) is 10.3. The van der Waals surface area contributed by atoms with Gasteiger partial charge < -0.3 is 5.32 Å². The maximum absolute atomic E-state index is 13.0. The summed E-state index contributed by atoms with van der Waals surface area (Å²) in [5.41, 5.74) is 1.48. The lowest BCUT2D eigenvalue weighted by Gasteiger charge is -2.41. The van der Waals surface area contributed by atoms with E-state index in [1.165, 1.54) is 5.56 Å².